The molecule has 2 rings (SSSR count). The topological polar surface area (TPSA) is 89.8 Å². The highest BCUT2D eigenvalue weighted by Crippen LogP contribution is 2.26. The van der Waals surface area contributed by atoms with Gasteiger partial charge in [-0.1, -0.05) is 22.0 Å². The number of carbonyl (C=O) groups is 2. The molecule has 142 valence electrons. The molecule has 0 bridgehead atoms. The van der Waals surface area contributed by atoms with E-state index in [1.807, 2.05) is 0 Å². The lowest BCUT2D eigenvalue weighted by molar-refractivity contribution is -0.384. The highest BCUT2D eigenvalue weighted by molar-refractivity contribution is 9.10. The number of non-ortho nitro benzene ring substituents is 1. The Bertz CT molecular complexity index is 875. The van der Waals surface area contributed by atoms with Crippen LogP contribution in [0, 0.1) is 15.9 Å². The summed E-state index contributed by atoms with van der Waals surface area (Å²) in [5, 5.41) is 10.9. The van der Waals surface area contributed by atoms with E-state index in [9.17, 15) is 24.1 Å². The molecule has 0 fully saturated rings. The maximum absolute atomic E-state index is 14.4. The van der Waals surface area contributed by atoms with Crippen molar-refractivity contribution in [1.29, 1.82) is 0 Å². The number of esters is 1. The largest absolute Gasteiger partial charge is 0.466 e. The Morgan fingerprint density at radius 3 is 2.63 bits per heavy atom. The molecule has 0 heterocycles. The number of hydrogen-bond donors (Lipinski definition) is 0. The molecule has 0 spiro atoms. The number of halogens is 2. The lowest BCUT2D eigenvalue weighted by Crippen LogP contribution is -2.34. The Hall–Kier alpha value is -2.81. The van der Waals surface area contributed by atoms with Gasteiger partial charge in [0.05, 0.1) is 23.6 Å². The van der Waals surface area contributed by atoms with Crippen LogP contribution in [0.4, 0.5) is 15.8 Å². The molecule has 0 unspecified atom stereocenters. The first-order valence-electron chi connectivity index (χ1n) is 8.00. The second kappa shape index (κ2) is 9.22. The number of benzene rings is 2. The summed E-state index contributed by atoms with van der Waals surface area (Å²) in [6.07, 6.45) is -0.149. The molecule has 0 aliphatic heterocycles. The van der Waals surface area contributed by atoms with Crippen LogP contribution in [0.2, 0.25) is 0 Å². The predicted octanol–water partition coefficient (Wildman–Crippen LogP) is 4.10. The highest BCUT2D eigenvalue weighted by Gasteiger charge is 2.23. The first kappa shape index (κ1) is 20.5. The third kappa shape index (κ3) is 5.33. The molecule has 0 saturated heterocycles. The zero-order chi connectivity index (χ0) is 20.0. The fourth-order valence-electron chi connectivity index (χ4n) is 2.38. The van der Waals surface area contributed by atoms with Gasteiger partial charge in [-0.2, -0.15) is 0 Å². The van der Waals surface area contributed by atoms with Crippen LogP contribution in [-0.4, -0.2) is 30.0 Å². The van der Waals surface area contributed by atoms with E-state index in [4.69, 9.17) is 4.74 Å². The fraction of sp³-hybridized carbons (Fsp3) is 0.222. The van der Waals surface area contributed by atoms with Crippen molar-refractivity contribution in [1.82, 2.24) is 0 Å². The maximum Gasteiger partial charge on any atom is 0.307 e. The molecule has 0 aliphatic rings. The molecular formula is C18H16BrFN2O5. The molecule has 0 aliphatic carbocycles. The van der Waals surface area contributed by atoms with Crippen molar-refractivity contribution in [2.24, 2.45) is 0 Å². The van der Waals surface area contributed by atoms with Gasteiger partial charge in [-0.05, 0) is 31.2 Å². The third-order valence-electron chi connectivity index (χ3n) is 3.59. The van der Waals surface area contributed by atoms with Crippen LogP contribution >= 0.6 is 15.9 Å². The Balaban J connectivity index is 2.38. The van der Waals surface area contributed by atoms with Crippen LogP contribution in [0.3, 0.4) is 0 Å². The lowest BCUT2D eigenvalue weighted by atomic mass is 10.1. The Kier molecular flexibility index (Phi) is 7.00. The number of anilines is 1. The quantitative estimate of drug-likeness (QED) is 0.368. The molecule has 0 N–H and O–H groups in total. The van der Waals surface area contributed by atoms with Crippen LogP contribution in [-0.2, 0) is 9.53 Å². The summed E-state index contributed by atoms with van der Waals surface area (Å²) in [5.41, 5.74) is -0.295. The Morgan fingerprint density at radius 1 is 1.26 bits per heavy atom. The van der Waals surface area contributed by atoms with Crippen LogP contribution < -0.4 is 4.90 Å². The highest BCUT2D eigenvalue weighted by atomic mass is 79.9. The minimum atomic E-state index is -0.674. The summed E-state index contributed by atoms with van der Waals surface area (Å²) in [6.45, 7) is 1.70. The molecule has 0 aromatic heterocycles. The van der Waals surface area contributed by atoms with Crippen molar-refractivity contribution in [3.63, 3.8) is 0 Å². The molecular weight excluding hydrogens is 423 g/mol. The van der Waals surface area contributed by atoms with E-state index in [0.29, 0.717) is 4.47 Å². The zero-order valence-corrected chi connectivity index (χ0v) is 15.9. The number of rotatable bonds is 7. The van der Waals surface area contributed by atoms with Crippen molar-refractivity contribution >= 4 is 39.2 Å². The molecule has 7 nitrogen and oxygen atoms in total. The number of ether oxygens (including phenoxy) is 1. The van der Waals surface area contributed by atoms with Crippen molar-refractivity contribution in [2.75, 3.05) is 18.1 Å². The van der Waals surface area contributed by atoms with Gasteiger partial charge in [-0.15, -0.1) is 0 Å². The van der Waals surface area contributed by atoms with Gasteiger partial charge in [0.1, 0.15) is 5.82 Å². The number of nitrogens with zero attached hydrogens (tertiary/aromatic N) is 2. The Morgan fingerprint density at radius 2 is 2.00 bits per heavy atom. The summed E-state index contributed by atoms with van der Waals surface area (Å²) in [7, 11) is 0. The van der Waals surface area contributed by atoms with Gasteiger partial charge in [-0.3, -0.25) is 19.7 Å². The Labute approximate surface area is 163 Å². The van der Waals surface area contributed by atoms with E-state index in [1.54, 1.807) is 13.0 Å². The van der Waals surface area contributed by atoms with Crippen LogP contribution in [0.1, 0.15) is 23.7 Å². The number of hydrogen-bond acceptors (Lipinski definition) is 5. The van der Waals surface area contributed by atoms with Gasteiger partial charge in [-0.25, -0.2) is 4.39 Å². The van der Waals surface area contributed by atoms with Crippen LogP contribution in [0.25, 0.3) is 0 Å². The normalized spacial score (nSPS) is 10.3. The smallest absolute Gasteiger partial charge is 0.307 e. The molecule has 1 amide bonds. The molecule has 9 heteroatoms. The van der Waals surface area contributed by atoms with Crippen molar-refractivity contribution in [3.8, 4) is 0 Å². The zero-order valence-electron chi connectivity index (χ0n) is 14.4. The molecule has 2 aromatic carbocycles. The SMILES string of the molecule is CCOC(=O)CCN(C(=O)c1cccc([N+](=O)[O-])c1)c1ccc(Br)cc1F. The van der Waals surface area contributed by atoms with Gasteiger partial charge in [0.15, 0.2) is 0 Å². The van der Waals surface area contributed by atoms with Gasteiger partial charge >= 0.3 is 5.97 Å². The van der Waals surface area contributed by atoms with Crippen molar-refractivity contribution < 1.29 is 23.6 Å². The van der Waals surface area contributed by atoms with E-state index in [-0.39, 0.29) is 36.5 Å². The summed E-state index contributed by atoms with van der Waals surface area (Å²) in [6, 6.07) is 9.25. The van der Waals surface area contributed by atoms with Gasteiger partial charge in [0.25, 0.3) is 11.6 Å². The van der Waals surface area contributed by atoms with Crippen molar-refractivity contribution in [2.45, 2.75) is 13.3 Å². The number of nitro benzene ring substituents is 1. The minimum absolute atomic E-state index is 0.00961. The average Bonchev–Trinajstić information content (AvgIpc) is 2.63. The number of carbonyl (C=O) groups excluding carboxylic acids is 2. The molecule has 0 radical (unpaired) electrons. The van der Waals surface area contributed by atoms with Crippen LogP contribution in [0.15, 0.2) is 46.9 Å². The van der Waals surface area contributed by atoms with Crippen LogP contribution in [0.5, 0.6) is 0 Å². The summed E-state index contributed by atoms with van der Waals surface area (Å²) in [5.74, 6) is -1.87. The van der Waals surface area contributed by atoms with E-state index in [1.165, 1.54) is 30.3 Å². The third-order valence-corrected chi connectivity index (χ3v) is 4.09. The van der Waals surface area contributed by atoms with E-state index in [0.717, 1.165) is 11.0 Å². The molecule has 2 aromatic rings. The van der Waals surface area contributed by atoms with E-state index in [2.05, 4.69) is 15.9 Å². The first-order valence-corrected chi connectivity index (χ1v) is 8.79. The summed E-state index contributed by atoms with van der Waals surface area (Å²) < 4.78 is 19.7. The monoisotopic (exact) mass is 438 g/mol. The minimum Gasteiger partial charge on any atom is -0.466 e. The summed E-state index contributed by atoms with van der Waals surface area (Å²) >= 11 is 3.14. The second-order valence-electron chi connectivity index (χ2n) is 5.41. The second-order valence-corrected chi connectivity index (χ2v) is 6.33. The molecule has 0 saturated carbocycles. The molecule has 0 atom stereocenters. The molecule has 27 heavy (non-hydrogen) atoms. The van der Waals surface area contributed by atoms with Crippen molar-refractivity contribution in [3.05, 3.63) is 68.4 Å². The average molecular weight is 439 g/mol. The fourth-order valence-corrected chi connectivity index (χ4v) is 2.71. The van der Waals surface area contributed by atoms with E-state index < -0.39 is 22.6 Å². The standard InChI is InChI=1S/C18H16BrFN2O5/c1-2-27-17(23)8-9-21(16-7-6-13(19)11-15(16)20)18(24)12-4-3-5-14(10-12)22(25)26/h3-7,10-11H,2,8-9H2,1H3. The number of nitro groups is 1. The van der Waals surface area contributed by atoms with Gasteiger partial charge < -0.3 is 9.64 Å². The number of amides is 1. The summed E-state index contributed by atoms with van der Waals surface area (Å²) in [4.78, 5) is 36.0. The predicted molar refractivity (Wildman–Crippen MR) is 100 cm³/mol. The van der Waals surface area contributed by atoms with Gasteiger partial charge in [0.2, 0.25) is 0 Å². The van der Waals surface area contributed by atoms with E-state index >= 15 is 0 Å². The maximum atomic E-state index is 14.4. The first-order chi connectivity index (χ1) is 12.8. The lowest BCUT2D eigenvalue weighted by Gasteiger charge is -2.23. The van der Waals surface area contributed by atoms with Gasteiger partial charge in [0, 0.05) is 28.7 Å².